The van der Waals surface area contributed by atoms with E-state index < -0.39 is 16.1 Å². The van der Waals surface area contributed by atoms with Gasteiger partial charge in [-0.15, -0.1) is 0 Å². The second-order valence-electron chi connectivity index (χ2n) is 7.72. The highest BCUT2D eigenvalue weighted by Gasteiger charge is 2.34. The van der Waals surface area contributed by atoms with Crippen molar-refractivity contribution < 1.29 is 17.9 Å². The normalized spacial score (nSPS) is 18.6. The van der Waals surface area contributed by atoms with E-state index in [4.69, 9.17) is 9.84 Å². The molecule has 4 rings (SSSR count). The summed E-state index contributed by atoms with van der Waals surface area (Å²) in [7, 11) is -3.74. The van der Waals surface area contributed by atoms with Crippen LogP contribution >= 0.6 is 0 Å². The van der Waals surface area contributed by atoms with Gasteiger partial charge in [-0.05, 0) is 19.8 Å². The summed E-state index contributed by atoms with van der Waals surface area (Å²) in [6.07, 6.45) is 5.63. The van der Waals surface area contributed by atoms with E-state index in [0.717, 1.165) is 31.2 Å². The first-order valence-electron chi connectivity index (χ1n) is 10.6. The van der Waals surface area contributed by atoms with Crippen LogP contribution in [0.3, 0.4) is 0 Å². The van der Waals surface area contributed by atoms with E-state index in [2.05, 4.69) is 0 Å². The van der Waals surface area contributed by atoms with Crippen LogP contribution in [0.5, 0.6) is 0 Å². The average Bonchev–Trinajstić information content (AvgIpc) is 3.45. The smallest absolute Gasteiger partial charge is 0.409 e. The topological polar surface area (TPSA) is 84.7 Å². The standard InChI is InChI=1S/C21H28N4O4S/c1-2-29-21(26)23-12-14-24(15-13-23)30(27,28)19-16-25(18-10-6-7-11-18)22-20(19)17-8-4-3-5-9-17/h3-5,8-9,16,18H,2,6-7,10-15H2,1H3. The third-order valence-electron chi connectivity index (χ3n) is 5.83. The van der Waals surface area contributed by atoms with Crippen LogP contribution < -0.4 is 0 Å². The molecule has 1 aromatic heterocycles. The van der Waals surface area contributed by atoms with Gasteiger partial charge in [0, 0.05) is 37.9 Å². The number of carbonyl (C=O) groups is 1. The predicted octanol–water partition coefficient (Wildman–Crippen LogP) is 3.13. The Morgan fingerprint density at radius 3 is 2.40 bits per heavy atom. The first-order valence-corrected chi connectivity index (χ1v) is 12.0. The lowest BCUT2D eigenvalue weighted by Crippen LogP contribution is -2.50. The molecule has 0 spiro atoms. The fourth-order valence-electron chi connectivity index (χ4n) is 4.18. The van der Waals surface area contributed by atoms with Gasteiger partial charge in [0.1, 0.15) is 10.6 Å². The Balaban J connectivity index is 1.62. The first-order chi connectivity index (χ1) is 14.5. The van der Waals surface area contributed by atoms with Gasteiger partial charge >= 0.3 is 6.09 Å². The third-order valence-corrected chi connectivity index (χ3v) is 7.73. The van der Waals surface area contributed by atoms with Crippen LogP contribution in [0.2, 0.25) is 0 Å². The van der Waals surface area contributed by atoms with Gasteiger partial charge in [-0.3, -0.25) is 4.68 Å². The van der Waals surface area contributed by atoms with Crippen LogP contribution in [0.1, 0.15) is 38.6 Å². The van der Waals surface area contributed by atoms with Crippen LogP contribution in [0.4, 0.5) is 4.79 Å². The van der Waals surface area contributed by atoms with Gasteiger partial charge in [0.2, 0.25) is 10.0 Å². The fraction of sp³-hybridized carbons (Fsp3) is 0.524. The quantitative estimate of drug-likeness (QED) is 0.725. The molecule has 1 saturated carbocycles. The van der Waals surface area contributed by atoms with Crippen molar-refractivity contribution in [1.29, 1.82) is 0 Å². The molecule has 2 aliphatic rings. The summed E-state index contributed by atoms with van der Waals surface area (Å²) >= 11 is 0. The number of aromatic nitrogens is 2. The molecule has 8 nitrogen and oxygen atoms in total. The van der Waals surface area contributed by atoms with E-state index in [0.29, 0.717) is 25.4 Å². The SMILES string of the molecule is CCOC(=O)N1CCN(S(=O)(=O)c2cn(C3CCCC3)nc2-c2ccccc2)CC1. The van der Waals surface area contributed by atoms with Crippen LogP contribution in [0, 0.1) is 0 Å². The third kappa shape index (κ3) is 4.09. The summed E-state index contributed by atoms with van der Waals surface area (Å²) in [4.78, 5) is 13.7. The zero-order valence-corrected chi connectivity index (χ0v) is 18.1. The van der Waals surface area contributed by atoms with E-state index in [1.54, 1.807) is 18.0 Å². The molecule has 2 heterocycles. The molecule has 0 radical (unpaired) electrons. The number of ether oxygens (including phenoxy) is 1. The minimum Gasteiger partial charge on any atom is -0.450 e. The lowest BCUT2D eigenvalue weighted by molar-refractivity contribution is 0.0934. The number of nitrogens with zero attached hydrogens (tertiary/aromatic N) is 4. The van der Waals surface area contributed by atoms with Crippen molar-refractivity contribution >= 4 is 16.1 Å². The van der Waals surface area contributed by atoms with E-state index >= 15 is 0 Å². The molecule has 30 heavy (non-hydrogen) atoms. The van der Waals surface area contributed by atoms with Crippen molar-refractivity contribution in [2.45, 2.75) is 43.5 Å². The number of hydrogen-bond acceptors (Lipinski definition) is 5. The van der Waals surface area contributed by atoms with Crippen LogP contribution in [-0.4, -0.2) is 66.3 Å². The molecular weight excluding hydrogens is 404 g/mol. The Labute approximate surface area is 177 Å². The highest BCUT2D eigenvalue weighted by Crippen LogP contribution is 2.34. The van der Waals surface area contributed by atoms with Crippen LogP contribution in [0.15, 0.2) is 41.4 Å². The van der Waals surface area contributed by atoms with Gasteiger partial charge in [0.25, 0.3) is 0 Å². The monoisotopic (exact) mass is 432 g/mol. The van der Waals surface area contributed by atoms with E-state index in [9.17, 15) is 13.2 Å². The molecule has 1 aliphatic carbocycles. The second kappa shape index (κ2) is 8.77. The van der Waals surface area contributed by atoms with Crippen molar-refractivity contribution in [2.24, 2.45) is 0 Å². The lowest BCUT2D eigenvalue weighted by atomic mass is 10.2. The summed E-state index contributed by atoms with van der Waals surface area (Å²) in [5.41, 5.74) is 1.29. The van der Waals surface area contributed by atoms with E-state index in [1.807, 2.05) is 35.0 Å². The van der Waals surface area contributed by atoms with Gasteiger partial charge < -0.3 is 9.64 Å². The first kappa shape index (κ1) is 20.9. The Hall–Kier alpha value is -2.39. The molecule has 0 atom stereocenters. The zero-order valence-electron chi connectivity index (χ0n) is 17.2. The zero-order chi connectivity index (χ0) is 21.1. The van der Waals surface area contributed by atoms with Crippen molar-refractivity contribution in [2.75, 3.05) is 32.8 Å². The minimum atomic E-state index is -3.74. The highest BCUT2D eigenvalue weighted by atomic mass is 32.2. The summed E-state index contributed by atoms with van der Waals surface area (Å²) in [5.74, 6) is 0. The molecule has 2 aromatic rings. The number of amides is 1. The largest absolute Gasteiger partial charge is 0.450 e. The molecule has 1 saturated heterocycles. The molecule has 0 bridgehead atoms. The molecule has 2 fully saturated rings. The second-order valence-corrected chi connectivity index (χ2v) is 9.62. The summed E-state index contributed by atoms with van der Waals surface area (Å²) in [6.45, 7) is 3.17. The molecule has 162 valence electrons. The maximum absolute atomic E-state index is 13.5. The van der Waals surface area contributed by atoms with Crippen molar-refractivity contribution in [1.82, 2.24) is 19.0 Å². The molecule has 0 N–H and O–H groups in total. The fourth-order valence-corrected chi connectivity index (χ4v) is 5.75. The molecule has 9 heteroatoms. The van der Waals surface area contributed by atoms with Crippen molar-refractivity contribution in [3.05, 3.63) is 36.5 Å². The molecule has 1 aromatic carbocycles. The van der Waals surface area contributed by atoms with Gasteiger partial charge in [-0.2, -0.15) is 9.40 Å². The van der Waals surface area contributed by atoms with Crippen LogP contribution in [-0.2, 0) is 14.8 Å². The summed E-state index contributed by atoms with van der Waals surface area (Å²) in [5, 5.41) is 4.72. The Morgan fingerprint density at radius 1 is 1.10 bits per heavy atom. The number of piperazine rings is 1. The van der Waals surface area contributed by atoms with E-state index in [1.165, 1.54) is 4.31 Å². The Kier molecular flexibility index (Phi) is 6.10. The van der Waals surface area contributed by atoms with Gasteiger partial charge in [-0.1, -0.05) is 43.2 Å². The molecule has 1 amide bonds. The molecule has 0 unspecified atom stereocenters. The summed E-state index contributed by atoms with van der Waals surface area (Å²) < 4.78 is 35.4. The molecular formula is C21H28N4O4S. The highest BCUT2D eigenvalue weighted by molar-refractivity contribution is 7.89. The average molecular weight is 433 g/mol. The Morgan fingerprint density at radius 2 is 1.77 bits per heavy atom. The predicted molar refractivity (Wildman–Crippen MR) is 113 cm³/mol. The lowest BCUT2D eigenvalue weighted by Gasteiger charge is -2.33. The van der Waals surface area contributed by atoms with Crippen molar-refractivity contribution in [3.63, 3.8) is 0 Å². The Bertz CT molecular complexity index is 976. The van der Waals surface area contributed by atoms with E-state index in [-0.39, 0.29) is 24.0 Å². The number of carbonyl (C=O) groups excluding carboxylic acids is 1. The minimum absolute atomic E-state index is 0.240. The maximum Gasteiger partial charge on any atom is 0.409 e. The van der Waals surface area contributed by atoms with Gasteiger partial charge in [0.05, 0.1) is 12.6 Å². The van der Waals surface area contributed by atoms with Gasteiger partial charge in [0.15, 0.2) is 0 Å². The number of benzene rings is 1. The van der Waals surface area contributed by atoms with Crippen LogP contribution in [0.25, 0.3) is 11.3 Å². The van der Waals surface area contributed by atoms with Crippen molar-refractivity contribution in [3.8, 4) is 11.3 Å². The van der Waals surface area contributed by atoms with Gasteiger partial charge in [-0.25, -0.2) is 13.2 Å². The summed E-state index contributed by atoms with van der Waals surface area (Å²) in [6, 6.07) is 9.70. The number of rotatable bonds is 5. The number of hydrogen-bond donors (Lipinski definition) is 0. The number of sulfonamides is 1. The molecule has 1 aliphatic heterocycles. The maximum atomic E-state index is 13.5.